The Kier molecular flexibility index (Phi) is 5.56. The second-order valence-corrected chi connectivity index (χ2v) is 7.81. The smallest absolute Gasteiger partial charge is 0.342 e. The van der Waals surface area contributed by atoms with Gasteiger partial charge in [-0.1, -0.05) is 53.5 Å². The van der Waals surface area contributed by atoms with E-state index in [2.05, 4.69) is 0 Å². The largest absolute Gasteiger partial charge is 0.497 e. The Bertz CT molecular complexity index is 1100. The molecule has 6 heteroatoms. The van der Waals surface area contributed by atoms with E-state index in [1.807, 2.05) is 30.3 Å². The second kappa shape index (κ2) is 8.15. The number of rotatable bonds is 5. The van der Waals surface area contributed by atoms with Crippen LogP contribution in [0, 0.1) is 0 Å². The number of benzene rings is 3. The lowest BCUT2D eigenvalue weighted by Crippen LogP contribution is -2.29. The van der Waals surface area contributed by atoms with Crippen molar-refractivity contribution in [3.05, 3.63) is 105 Å². The molecular weight excluding hydrogens is 423 g/mol. The number of aliphatic hydroxyl groups is 1. The average molecular weight is 441 g/mol. The maximum atomic E-state index is 13.0. The summed E-state index contributed by atoms with van der Waals surface area (Å²) in [6.45, 7) is 0. The highest BCUT2D eigenvalue weighted by Gasteiger charge is 2.48. The lowest BCUT2D eigenvalue weighted by molar-refractivity contribution is -0.185. The number of halogens is 2. The Morgan fingerprint density at radius 3 is 2.20 bits per heavy atom. The van der Waals surface area contributed by atoms with Crippen LogP contribution in [0.15, 0.2) is 78.4 Å². The molecular formula is C24H18Cl2O4. The first-order valence-electron chi connectivity index (χ1n) is 9.25. The van der Waals surface area contributed by atoms with Crippen molar-refractivity contribution in [2.45, 2.75) is 12.2 Å². The topological polar surface area (TPSA) is 55.8 Å². The molecule has 1 aliphatic heterocycles. The number of carbonyl (C=O) groups excluding carboxylic acids is 1. The van der Waals surface area contributed by atoms with E-state index in [0.29, 0.717) is 38.9 Å². The number of methoxy groups -OCH3 is 1. The van der Waals surface area contributed by atoms with Crippen LogP contribution >= 0.6 is 23.2 Å². The summed E-state index contributed by atoms with van der Waals surface area (Å²) in [5.74, 6) is -1.94. The van der Waals surface area contributed by atoms with Crippen LogP contribution < -0.4 is 4.74 Å². The lowest BCUT2D eigenvalue weighted by Gasteiger charge is -2.26. The van der Waals surface area contributed by atoms with Crippen LogP contribution in [0.2, 0.25) is 10.0 Å². The van der Waals surface area contributed by atoms with Gasteiger partial charge in [0.25, 0.3) is 5.79 Å². The van der Waals surface area contributed by atoms with Crippen LogP contribution in [0.25, 0.3) is 5.57 Å². The van der Waals surface area contributed by atoms with Gasteiger partial charge in [0.2, 0.25) is 0 Å². The molecule has 3 aromatic carbocycles. The SMILES string of the molecule is COc1ccc(C2(O)OC(=O)C(c3cc(Cl)cc(Cl)c3)=C2Cc2ccccc2)cc1. The van der Waals surface area contributed by atoms with Gasteiger partial charge < -0.3 is 14.6 Å². The predicted molar refractivity (Wildman–Crippen MR) is 117 cm³/mol. The van der Waals surface area contributed by atoms with E-state index >= 15 is 0 Å². The van der Waals surface area contributed by atoms with Gasteiger partial charge in [-0.25, -0.2) is 4.79 Å². The third-order valence-electron chi connectivity index (χ3n) is 5.01. The zero-order valence-electron chi connectivity index (χ0n) is 16.1. The third kappa shape index (κ3) is 3.82. The predicted octanol–water partition coefficient (Wildman–Crippen LogP) is 5.40. The van der Waals surface area contributed by atoms with Crippen molar-refractivity contribution in [2.75, 3.05) is 7.11 Å². The first-order chi connectivity index (χ1) is 14.4. The van der Waals surface area contributed by atoms with E-state index in [4.69, 9.17) is 32.7 Å². The van der Waals surface area contributed by atoms with E-state index in [9.17, 15) is 9.90 Å². The Morgan fingerprint density at radius 2 is 1.60 bits per heavy atom. The van der Waals surface area contributed by atoms with E-state index in [-0.39, 0.29) is 5.57 Å². The monoisotopic (exact) mass is 440 g/mol. The molecule has 1 unspecified atom stereocenters. The number of cyclic esters (lactones) is 1. The van der Waals surface area contributed by atoms with Crippen LogP contribution in [0.1, 0.15) is 16.7 Å². The molecule has 0 saturated heterocycles. The van der Waals surface area contributed by atoms with Crippen LogP contribution in [-0.2, 0) is 21.7 Å². The quantitative estimate of drug-likeness (QED) is 0.539. The van der Waals surface area contributed by atoms with Gasteiger partial charge in [-0.15, -0.1) is 0 Å². The molecule has 4 nitrogen and oxygen atoms in total. The van der Waals surface area contributed by atoms with E-state index in [1.165, 1.54) is 0 Å². The van der Waals surface area contributed by atoms with Gasteiger partial charge in [0.05, 0.1) is 12.7 Å². The molecule has 0 bridgehead atoms. The van der Waals surface area contributed by atoms with Crippen molar-refractivity contribution < 1.29 is 19.4 Å². The Balaban J connectivity index is 1.91. The Labute approximate surface area is 184 Å². The van der Waals surface area contributed by atoms with Crippen LogP contribution in [0.4, 0.5) is 0 Å². The fraction of sp³-hybridized carbons (Fsp3) is 0.125. The Morgan fingerprint density at radius 1 is 0.967 bits per heavy atom. The molecule has 0 aliphatic carbocycles. The molecule has 1 atom stereocenters. The number of carbonyl (C=O) groups is 1. The molecule has 0 amide bonds. The van der Waals surface area contributed by atoms with Gasteiger partial charge in [-0.3, -0.25) is 0 Å². The number of ether oxygens (including phenoxy) is 2. The normalized spacial score (nSPS) is 18.5. The van der Waals surface area contributed by atoms with Crippen molar-refractivity contribution in [2.24, 2.45) is 0 Å². The van der Waals surface area contributed by atoms with Crippen LogP contribution in [0.5, 0.6) is 5.75 Å². The summed E-state index contributed by atoms with van der Waals surface area (Å²) in [5, 5.41) is 12.4. The molecule has 0 saturated carbocycles. The molecule has 0 fully saturated rings. The van der Waals surface area contributed by atoms with Crippen molar-refractivity contribution in [1.29, 1.82) is 0 Å². The minimum atomic E-state index is -1.93. The summed E-state index contributed by atoms with van der Waals surface area (Å²) in [6.07, 6.45) is 0.300. The van der Waals surface area contributed by atoms with Gasteiger partial charge in [-0.2, -0.15) is 0 Å². The summed E-state index contributed by atoms with van der Waals surface area (Å²) in [4.78, 5) is 13.0. The van der Waals surface area contributed by atoms with Crippen molar-refractivity contribution in [3.8, 4) is 5.75 Å². The highest BCUT2D eigenvalue weighted by Crippen LogP contribution is 2.45. The minimum absolute atomic E-state index is 0.251. The lowest BCUT2D eigenvalue weighted by atomic mass is 9.88. The minimum Gasteiger partial charge on any atom is -0.497 e. The van der Waals surface area contributed by atoms with Gasteiger partial charge in [0.1, 0.15) is 5.75 Å². The molecule has 0 aromatic heterocycles. The fourth-order valence-corrected chi connectivity index (χ4v) is 4.11. The molecule has 1 heterocycles. The van der Waals surface area contributed by atoms with Crippen LogP contribution in [0.3, 0.4) is 0 Å². The number of hydrogen-bond donors (Lipinski definition) is 1. The average Bonchev–Trinajstić information content (AvgIpc) is 2.98. The molecule has 1 N–H and O–H groups in total. The van der Waals surface area contributed by atoms with E-state index in [1.54, 1.807) is 49.6 Å². The van der Waals surface area contributed by atoms with Gasteiger partial charge in [-0.05, 0) is 53.6 Å². The van der Waals surface area contributed by atoms with Crippen molar-refractivity contribution >= 4 is 34.7 Å². The van der Waals surface area contributed by atoms with Crippen molar-refractivity contribution in [1.82, 2.24) is 0 Å². The van der Waals surface area contributed by atoms with Crippen LogP contribution in [-0.4, -0.2) is 18.2 Å². The maximum absolute atomic E-state index is 13.0. The standard InChI is InChI=1S/C24H18Cl2O4/c1-29-20-9-7-17(8-10-20)24(28)21(11-15-5-3-2-4-6-15)22(23(27)30-24)16-12-18(25)14-19(26)13-16/h2-10,12-14,28H,11H2,1H3. The fourth-order valence-electron chi connectivity index (χ4n) is 3.59. The third-order valence-corrected chi connectivity index (χ3v) is 5.45. The zero-order chi connectivity index (χ0) is 21.3. The summed E-state index contributed by atoms with van der Waals surface area (Å²) >= 11 is 12.3. The maximum Gasteiger partial charge on any atom is 0.342 e. The molecule has 30 heavy (non-hydrogen) atoms. The Hall–Kier alpha value is -2.79. The zero-order valence-corrected chi connectivity index (χ0v) is 17.6. The van der Waals surface area contributed by atoms with Gasteiger partial charge in [0.15, 0.2) is 0 Å². The summed E-state index contributed by atoms with van der Waals surface area (Å²) < 4.78 is 10.8. The second-order valence-electron chi connectivity index (χ2n) is 6.94. The first-order valence-corrected chi connectivity index (χ1v) is 10.0. The summed E-state index contributed by atoms with van der Waals surface area (Å²) in [7, 11) is 1.56. The molecule has 3 aromatic rings. The molecule has 1 aliphatic rings. The number of esters is 1. The molecule has 152 valence electrons. The van der Waals surface area contributed by atoms with Crippen molar-refractivity contribution in [3.63, 3.8) is 0 Å². The first kappa shape index (κ1) is 20.5. The summed E-state index contributed by atoms with van der Waals surface area (Å²) in [6, 6.07) is 21.2. The highest BCUT2D eigenvalue weighted by molar-refractivity contribution is 6.35. The highest BCUT2D eigenvalue weighted by atomic mass is 35.5. The number of hydrogen-bond acceptors (Lipinski definition) is 4. The summed E-state index contributed by atoms with van der Waals surface area (Å²) in [5.41, 5.74) is 2.51. The van der Waals surface area contributed by atoms with Gasteiger partial charge in [0, 0.05) is 27.6 Å². The van der Waals surface area contributed by atoms with E-state index in [0.717, 1.165) is 5.56 Å². The molecule has 4 rings (SSSR count). The van der Waals surface area contributed by atoms with Gasteiger partial charge >= 0.3 is 5.97 Å². The van der Waals surface area contributed by atoms with E-state index < -0.39 is 11.8 Å². The molecule has 0 spiro atoms. The molecule has 0 radical (unpaired) electrons.